The van der Waals surface area contributed by atoms with Crippen molar-refractivity contribution in [1.82, 2.24) is 5.32 Å². The van der Waals surface area contributed by atoms with E-state index in [0.717, 1.165) is 12.2 Å². The second-order valence-electron chi connectivity index (χ2n) is 3.62. The Hall–Kier alpha value is -0.880. The van der Waals surface area contributed by atoms with E-state index in [1.54, 1.807) is 12.1 Å². The van der Waals surface area contributed by atoms with Gasteiger partial charge in [-0.15, -0.1) is 0 Å². The largest absolute Gasteiger partial charge is 0.468 e. The van der Waals surface area contributed by atoms with Gasteiger partial charge in [0.15, 0.2) is 0 Å². The molecule has 1 atom stereocenters. The van der Waals surface area contributed by atoms with E-state index in [4.69, 9.17) is 33.3 Å². The Morgan fingerprint density at radius 1 is 1.53 bits per heavy atom. The summed E-state index contributed by atoms with van der Waals surface area (Å²) in [4.78, 5) is 0. The van der Waals surface area contributed by atoms with Gasteiger partial charge in [-0.25, -0.2) is 0 Å². The summed E-state index contributed by atoms with van der Waals surface area (Å²) in [5.41, 5.74) is 0.852. The fourth-order valence-electron chi connectivity index (χ4n) is 1.42. The predicted octanol–water partition coefficient (Wildman–Crippen LogP) is 2.00. The van der Waals surface area contributed by atoms with Gasteiger partial charge in [-0.2, -0.15) is 0 Å². The van der Waals surface area contributed by atoms with Crippen molar-refractivity contribution in [2.75, 3.05) is 25.2 Å². The molecule has 1 fully saturated rings. The molecule has 2 rings (SSSR count). The lowest BCUT2D eigenvalue weighted by Gasteiger charge is -2.12. The van der Waals surface area contributed by atoms with Gasteiger partial charge in [0.2, 0.25) is 0 Å². The van der Waals surface area contributed by atoms with Crippen LogP contribution in [0.25, 0.3) is 0 Å². The van der Waals surface area contributed by atoms with Crippen LogP contribution in [0.15, 0.2) is 24.3 Å². The van der Waals surface area contributed by atoms with E-state index >= 15 is 0 Å². The minimum absolute atomic E-state index is 0.0694. The first-order chi connectivity index (χ1) is 8.24. The number of ether oxygens (including phenoxy) is 2. The molecule has 1 aromatic carbocycles. The van der Waals surface area contributed by atoms with Gasteiger partial charge in [0, 0.05) is 17.3 Å². The second-order valence-corrected chi connectivity index (χ2v) is 4.42. The summed E-state index contributed by atoms with van der Waals surface area (Å²) >= 11 is 10.8. The number of thiocarbonyl (C=S) groups is 1. The highest BCUT2D eigenvalue weighted by atomic mass is 35.5. The van der Waals surface area contributed by atoms with E-state index in [-0.39, 0.29) is 6.10 Å². The zero-order valence-corrected chi connectivity index (χ0v) is 10.7. The number of nitrogens with one attached hydrogen (secondary N) is 2. The topological polar surface area (TPSA) is 42.5 Å². The molecule has 2 N–H and O–H groups in total. The minimum Gasteiger partial charge on any atom is -0.468 e. The molecule has 1 saturated heterocycles. The molecule has 92 valence electrons. The van der Waals surface area contributed by atoms with E-state index < -0.39 is 0 Å². The molecule has 1 unspecified atom stereocenters. The summed E-state index contributed by atoms with van der Waals surface area (Å²) in [5.74, 6) is 0. The van der Waals surface area contributed by atoms with Crippen LogP contribution in [0.3, 0.4) is 0 Å². The summed E-state index contributed by atoms with van der Waals surface area (Å²) in [6.45, 7) is 1.82. The highest BCUT2D eigenvalue weighted by Crippen LogP contribution is 2.13. The Morgan fingerprint density at radius 2 is 2.29 bits per heavy atom. The maximum absolute atomic E-state index is 5.78. The number of hydrogen-bond donors (Lipinski definition) is 2. The molecule has 0 saturated carbocycles. The predicted molar refractivity (Wildman–Crippen MR) is 71.4 cm³/mol. The summed E-state index contributed by atoms with van der Waals surface area (Å²) < 4.78 is 10.7. The molecule has 17 heavy (non-hydrogen) atoms. The van der Waals surface area contributed by atoms with Crippen molar-refractivity contribution in [2.45, 2.75) is 6.10 Å². The monoisotopic (exact) mass is 272 g/mol. The third-order valence-electron chi connectivity index (χ3n) is 2.28. The van der Waals surface area contributed by atoms with Crippen LogP contribution in [-0.4, -0.2) is 31.2 Å². The fraction of sp³-hybridized carbons (Fsp3) is 0.364. The van der Waals surface area contributed by atoms with Gasteiger partial charge < -0.3 is 14.8 Å². The van der Waals surface area contributed by atoms with Crippen LogP contribution in [0.1, 0.15) is 0 Å². The number of rotatable bonds is 3. The van der Waals surface area contributed by atoms with Crippen molar-refractivity contribution >= 4 is 34.7 Å². The molecule has 0 radical (unpaired) electrons. The van der Waals surface area contributed by atoms with Gasteiger partial charge in [-0.05, 0) is 36.5 Å². The Labute approximate surface area is 110 Å². The van der Waals surface area contributed by atoms with Crippen molar-refractivity contribution in [2.24, 2.45) is 0 Å². The van der Waals surface area contributed by atoms with Crippen LogP contribution < -0.4 is 10.6 Å². The fourth-order valence-corrected chi connectivity index (χ4v) is 1.73. The lowest BCUT2D eigenvalue weighted by molar-refractivity contribution is 0.0689. The molecular weight excluding hydrogens is 260 g/mol. The van der Waals surface area contributed by atoms with Crippen molar-refractivity contribution in [3.05, 3.63) is 29.3 Å². The molecule has 1 aliphatic heterocycles. The summed E-state index contributed by atoms with van der Waals surface area (Å²) in [6, 6.07) is 7.25. The smallest absolute Gasteiger partial charge is 0.261 e. The lowest BCUT2D eigenvalue weighted by Crippen LogP contribution is -2.24. The molecule has 0 spiro atoms. The van der Waals surface area contributed by atoms with Crippen LogP contribution >= 0.6 is 23.8 Å². The van der Waals surface area contributed by atoms with Crippen LogP contribution in [-0.2, 0) is 9.47 Å². The van der Waals surface area contributed by atoms with Gasteiger partial charge in [0.1, 0.15) is 12.7 Å². The molecule has 0 bridgehead atoms. The van der Waals surface area contributed by atoms with Crippen molar-refractivity contribution < 1.29 is 9.47 Å². The van der Waals surface area contributed by atoms with E-state index in [1.807, 2.05) is 12.1 Å². The standard InChI is InChI=1S/C11H13ClN2O2S/c12-8-1-3-9(4-2-8)14-11(17)15-6-10-5-13-7-16-10/h1-4,10,13H,5-7H2,(H,14,17). The van der Waals surface area contributed by atoms with E-state index in [0.29, 0.717) is 23.5 Å². The summed E-state index contributed by atoms with van der Waals surface area (Å²) in [7, 11) is 0. The molecular formula is C11H13ClN2O2S. The maximum Gasteiger partial charge on any atom is 0.261 e. The maximum atomic E-state index is 5.78. The van der Waals surface area contributed by atoms with E-state index in [9.17, 15) is 0 Å². The third-order valence-corrected chi connectivity index (χ3v) is 2.76. The molecule has 0 aromatic heterocycles. The first-order valence-electron chi connectivity index (χ1n) is 5.26. The third kappa shape index (κ3) is 4.12. The zero-order valence-electron chi connectivity index (χ0n) is 9.11. The van der Waals surface area contributed by atoms with Crippen LogP contribution in [0, 0.1) is 0 Å². The van der Waals surface area contributed by atoms with Gasteiger partial charge in [0.25, 0.3) is 5.17 Å². The van der Waals surface area contributed by atoms with Crippen molar-refractivity contribution in [3.8, 4) is 0 Å². The number of anilines is 1. The zero-order chi connectivity index (χ0) is 12.1. The molecule has 6 heteroatoms. The average Bonchev–Trinajstić information content (AvgIpc) is 2.83. The first-order valence-corrected chi connectivity index (χ1v) is 6.04. The highest BCUT2D eigenvalue weighted by Gasteiger charge is 2.15. The minimum atomic E-state index is 0.0694. The average molecular weight is 273 g/mol. The summed E-state index contributed by atoms with van der Waals surface area (Å²) in [5, 5.41) is 7.06. The molecule has 0 aliphatic carbocycles. The SMILES string of the molecule is S=C(Nc1ccc(Cl)cc1)OCC1CNCO1. The lowest BCUT2D eigenvalue weighted by atomic mass is 10.3. The van der Waals surface area contributed by atoms with Crippen LogP contribution in [0.5, 0.6) is 0 Å². The Bertz CT molecular complexity index is 380. The molecule has 1 heterocycles. The normalized spacial score (nSPS) is 19.0. The van der Waals surface area contributed by atoms with E-state index in [2.05, 4.69) is 10.6 Å². The van der Waals surface area contributed by atoms with Gasteiger partial charge in [-0.1, -0.05) is 11.6 Å². The Morgan fingerprint density at radius 3 is 2.94 bits per heavy atom. The van der Waals surface area contributed by atoms with Gasteiger partial charge in [-0.3, -0.25) is 5.32 Å². The van der Waals surface area contributed by atoms with Crippen LogP contribution in [0.4, 0.5) is 5.69 Å². The first kappa shape index (κ1) is 12.6. The quantitative estimate of drug-likeness (QED) is 0.824. The highest BCUT2D eigenvalue weighted by molar-refractivity contribution is 7.80. The molecule has 0 amide bonds. The molecule has 1 aromatic rings. The molecule has 1 aliphatic rings. The van der Waals surface area contributed by atoms with E-state index in [1.165, 1.54) is 0 Å². The van der Waals surface area contributed by atoms with Crippen LogP contribution in [0.2, 0.25) is 5.02 Å². The molecule has 4 nitrogen and oxygen atoms in total. The number of hydrogen-bond acceptors (Lipinski definition) is 4. The van der Waals surface area contributed by atoms with Crippen molar-refractivity contribution in [1.29, 1.82) is 0 Å². The number of benzene rings is 1. The Kier molecular flexibility index (Phi) is 4.56. The van der Waals surface area contributed by atoms with Gasteiger partial charge in [0.05, 0.1) is 6.73 Å². The van der Waals surface area contributed by atoms with Gasteiger partial charge >= 0.3 is 0 Å². The summed E-state index contributed by atoms with van der Waals surface area (Å²) in [6.07, 6.45) is 0.0694. The second kappa shape index (κ2) is 6.16. The Balaban J connectivity index is 1.74. The number of halogens is 1. The van der Waals surface area contributed by atoms with Crippen molar-refractivity contribution in [3.63, 3.8) is 0 Å².